The van der Waals surface area contributed by atoms with E-state index in [1.54, 1.807) is 0 Å². The van der Waals surface area contributed by atoms with Crippen LogP contribution >= 0.6 is 0 Å². The van der Waals surface area contributed by atoms with Gasteiger partial charge in [0.25, 0.3) is 0 Å². The largest absolute Gasteiger partial charge is 0.377 e. The topological polar surface area (TPSA) is 21.3 Å². The molecule has 0 bridgehead atoms. The van der Waals surface area contributed by atoms with Crippen molar-refractivity contribution >= 4 is 0 Å². The molecule has 0 aromatic rings. The molecule has 0 radical (unpaired) electrons. The fraction of sp³-hybridized carbons (Fsp3) is 1.00. The van der Waals surface area contributed by atoms with E-state index in [0.717, 1.165) is 18.6 Å². The van der Waals surface area contributed by atoms with Gasteiger partial charge in [-0.3, -0.25) is 0 Å². The highest BCUT2D eigenvalue weighted by Gasteiger charge is 2.29. The van der Waals surface area contributed by atoms with Crippen LogP contribution in [0, 0.1) is 5.92 Å². The van der Waals surface area contributed by atoms with Gasteiger partial charge in [-0.15, -0.1) is 0 Å². The predicted octanol–water partition coefficient (Wildman–Crippen LogP) is 1.94. The monoisotopic (exact) mass is 183 g/mol. The normalized spacial score (nSPS) is 45.7. The van der Waals surface area contributed by atoms with E-state index in [1.165, 1.54) is 25.7 Å². The minimum Gasteiger partial charge on any atom is -0.377 e. The molecule has 0 aromatic heterocycles. The van der Waals surface area contributed by atoms with Gasteiger partial charge in [0.15, 0.2) is 0 Å². The molecule has 2 rings (SSSR count). The van der Waals surface area contributed by atoms with Crippen LogP contribution in [0.5, 0.6) is 0 Å². The fourth-order valence-electron chi connectivity index (χ4n) is 2.61. The third-order valence-electron chi connectivity index (χ3n) is 3.52. The molecular weight excluding hydrogens is 162 g/mol. The molecule has 1 heterocycles. The van der Waals surface area contributed by atoms with Gasteiger partial charge < -0.3 is 10.1 Å². The van der Waals surface area contributed by atoms with E-state index in [-0.39, 0.29) is 0 Å². The Morgan fingerprint density at radius 2 is 2.00 bits per heavy atom. The van der Waals surface area contributed by atoms with Gasteiger partial charge in [0, 0.05) is 18.7 Å². The van der Waals surface area contributed by atoms with Crippen molar-refractivity contribution in [2.75, 3.05) is 6.61 Å². The zero-order valence-electron chi connectivity index (χ0n) is 8.75. The van der Waals surface area contributed by atoms with E-state index in [0.29, 0.717) is 12.1 Å². The molecule has 2 heteroatoms. The first kappa shape index (κ1) is 9.47. The van der Waals surface area contributed by atoms with Crippen LogP contribution in [0.25, 0.3) is 0 Å². The van der Waals surface area contributed by atoms with Crippen LogP contribution in [-0.2, 0) is 4.74 Å². The van der Waals surface area contributed by atoms with E-state index >= 15 is 0 Å². The molecular formula is C11H21NO. The summed E-state index contributed by atoms with van der Waals surface area (Å²) in [6.45, 7) is 5.49. The second-order valence-corrected chi connectivity index (χ2v) is 4.75. The quantitative estimate of drug-likeness (QED) is 0.706. The average Bonchev–Trinajstić information content (AvgIpc) is 2.64. The standard InChI is InChI=1S/C11H21NO/c1-8-3-4-10(7-8)12-11-5-6-13-9(11)2/h8-12H,3-7H2,1-2H3. The summed E-state index contributed by atoms with van der Waals surface area (Å²) in [6, 6.07) is 1.39. The Bertz CT molecular complexity index is 171. The Morgan fingerprint density at radius 3 is 2.54 bits per heavy atom. The van der Waals surface area contributed by atoms with E-state index in [4.69, 9.17) is 4.74 Å². The van der Waals surface area contributed by atoms with Gasteiger partial charge in [-0.25, -0.2) is 0 Å². The first-order chi connectivity index (χ1) is 6.25. The van der Waals surface area contributed by atoms with Gasteiger partial charge in [0.2, 0.25) is 0 Å². The Morgan fingerprint density at radius 1 is 1.15 bits per heavy atom. The lowest BCUT2D eigenvalue weighted by molar-refractivity contribution is 0.111. The Labute approximate surface area is 81.0 Å². The first-order valence-electron chi connectivity index (χ1n) is 5.63. The molecule has 4 unspecified atom stereocenters. The molecule has 1 aliphatic carbocycles. The summed E-state index contributed by atoms with van der Waals surface area (Å²) in [5.41, 5.74) is 0. The lowest BCUT2D eigenvalue weighted by atomic mass is 10.1. The summed E-state index contributed by atoms with van der Waals surface area (Å²) in [6.07, 6.45) is 5.76. The summed E-state index contributed by atoms with van der Waals surface area (Å²) in [7, 11) is 0. The predicted molar refractivity (Wildman–Crippen MR) is 53.8 cm³/mol. The highest BCUT2D eigenvalue weighted by molar-refractivity contribution is 4.86. The van der Waals surface area contributed by atoms with E-state index in [2.05, 4.69) is 19.2 Å². The van der Waals surface area contributed by atoms with Gasteiger partial charge in [-0.1, -0.05) is 6.92 Å². The third-order valence-corrected chi connectivity index (χ3v) is 3.52. The van der Waals surface area contributed by atoms with Crippen molar-refractivity contribution in [1.29, 1.82) is 0 Å². The summed E-state index contributed by atoms with van der Waals surface area (Å²) in [5.74, 6) is 0.926. The zero-order valence-corrected chi connectivity index (χ0v) is 8.75. The summed E-state index contributed by atoms with van der Waals surface area (Å²) >= 11 is 0. The minimum absolute atomic E-state index is 0.427. The van der Waals surface area contributed by atoms with Gasteiger partial charge >= 0.3 is 0 Å². The molecule has 4 atom stereocenters. The van der Waals surface area contributed by atoms with Crippen molar-refractivity contribution < 1.29 is 4.74 Å². The van der Waals surface area contributed by atoms with Crippen molar-refractivity contribution in [2.24, 2.45) is 5.92 Å². The van der Waals surface area contributed by atoms with Crippen LogP contribution in [-0.4, -0.2) is 24.8 Å². The lowest BCUT2D eigenvalue weighted by Gasteiger charge is -2.21. The van der Waals surface area contributed by atoms with E-state index in [1.807, 2.05) is 0 Å². The van der Waals surface area contributed by atoms with E-state index in [9.17, 15) is 0 Å². The number of nitrogens with one attached hydrogen (secondary N) is 1. The van der Waals surface area contributed by atoms with E-state index < -0.39 is 0 Å². The average molecular weight is 183 g/mol. The van der Waals surface area contributed by atoms with Gasteiger partial charge in [0.1, 0.15) is 0 Å². The molecule has 2 nitrogen and oxygen atoms in total. The molecule has 0 spiro atoms. The molecule has 13 heavy (non-hydrogen) atoms. The van der Waals surface area contributed by atoms with Crippen molar-refractivity contribution in [3.8, 4) is 0 Å². The van der Waals surface area contributed by atoms with Gasteiger partial charge in [-0.05, 0) is 38.5 Å². The van der Waals surface area contributed by atoms with Gasteiger partial charge in [-0.2, -0.15) is 0 Å². The lowest BCUT2D eigenvalue weighted by Crippen LogP contribution is -2.40. The van der Waals surface area contributed by atoms with Crippen molar-refractivity contribution in [1.82, 2.24) is 5.32 Å². The molecule has 1 N–H and O–H groups in total. The van der Waals surface area contributed by atoms with Crippen LogP contribution in [0.15, 0.2) is 0 Å². The van der Waals surface area contributed by atoms with Crippen LogP contribution in [0.3, 0.4) is 0 Å². The Balaban J connectivity index is 1.77. The molecule has 1 saturated heterocycles. The summed E-state index contributed by atoms with van der Waals surface area (Å²) < 4.78 is 5.54. The smallest absolute Gasteiger partial charge is 0.0700 e. The maximum Gasteiger partial charge on any atom is 0.0700 e. The maximum atomic E-state index is 5.54. The molecule has 0 aromatic carbocycles. The molecule has 0 amide bonds. The Kier molecular flexibility index (Phi) is 2.89. The number of hydrogen-bond donors (Lipinski definition) is 1. The second kappa shape index (κ2) is 3.97. The molecule has 76 valence electrons. The summed E-state index contributed by atoms with van der Waals surface area (Å²) in [4.78, 5) is 0. The number of rotatable bonds is 2. The second-order valence-electron chi connectivity index (χ2n) is 4.75. The van der Waals surface area contributed by atoms with Crippen LogP contribution in [0.2, 0.25) is 0 Å². The minimum atomic E-state index is 0.427. The van der Waals surface area contributed by atoms with Crippen LogP contribution in [0.1, 0.15) is 39.5 Å². The molecule has 1 aliphatic heterocycles. The van der Waals surface area contributed by atoms with Gasteiger partial charge in [0.05, 0.1) is 6.10 Å². The first-order valence-corrected chi connectivity index (χ1v) is 5.63. The highest BCUT2D eigenvalue weighted by atomic mass is 16.5. The summed E-state index contributed by atoms with van der Waals surface area (Å²) in [5, 5.41) is 3.73. The van der Waals surface area contributed by atoms with Crippen LogP contribution in [0.4, 0.5) is 0 Å². The molecule has 2 fully saturated rings. The number of ether oxygens (including phenoxy) is 1. The SMILES string of the molecule is CC1CCC(NC2CCOC2C)C1. The van der Waals surface area contributed by atoms with Crippen LogP contribution < -0.4 is 5.32 Å². The molecule has 1 saturated carbocycles. The molecule has 2 aliphatic rings. The zero-order chi connectivity index (χ0) is 9.26. The highest BCUT2D eigenvalue weighted by Crippen LogP contribution is 2.26. The van der Waals surface area contributed by atoms with Crippen molar-refractivity contribution in [2.45, 2.75) is 57.7 Å². The van der Waals surface area contributed by atoms with Crippen molar-refractivity contribution in [3.63, 3.8) is 0 Å². The fourth-order valence-corrected chi connectivity index (χ4v) is 2.61. The maximum absolute atomic E-state index is 5.54. The van der Waals surface area contributed by atoms with Crippen molar-refractivity contribution in [3.05, 3.63) is 0 Å². The number of hydrogen-bond acceptors (Lipinski definition) is 2. The third kappa shape index (κ3) is 2.23. The Hall–Kier alpha value is -0.0800.